The first-order valence-electron chi connectivity index (χ1n) is 10.1. The van der Waals surface area contributed by atoms with Gasteiger partial charge in [-0.2, -0.15) is 4.98 Å². The Morgan fingerprint density at radius 3 is 2.61 bits per heavy atom. The third-order valence-electron chi connectivity index (χ3n) is 5.23. The summed E-state index contributed by atoms with van der Waals surface area (Å²) in [5.41, 5.74) is 6.51. The van der Waals surface area contributed by atoms with Crippen LogP contribution < -0.4 is 42.4 Å². The lowest BCUT2D eigenvalue weighted by Gasteiger charge is -2.35. The highest BCUT2D eigenvalue weighted by Crippen LogP contribution is 2.25. The Morgan fingerprint density at radius 1 is 1.27 bits per heavy atom. The largest absolute Gasteiger partial charge is 0.550 e. The van der Waals surface area contributed by atoms with Gasteiger partial charge in [-0.3, -0.25) is 14.6 Å². The summed E-state index contributed by atoms with van der Waals surface area (Å²) in [5.74, 6) is -3.22. The number of carboxylic acids is 2. The van der Waals surface area contributed by atoms with Crippen molar-refractivity contribution in [2.45, 2.75) is 24.9 Å². The minimum absolute atomic E-state index is 0.0326. The summed E-state index contributed by atoms with van der Waals surface area (Å²) in [6.45, 7) is 0.984. The number of hydrogen-bond acceptors (Lipinski definition) is 11. The number of aromatic amines is 1. The van der Waals surface area contributed by atoms with Crippen LogP contribution in [-0.4, -0.2) is 60.0 Å². The number of anilines is 4. The molecule has 3 rings (SSSR count). The van der Waals surface area contributed by atoms with Gasteiger partial charge in [0.1, 0.15) is 5.69 Å². The first-order chi connectivity index (χ1) is 15.7. The van der Waals surface area contributed by atoms with Crippen LogP contribution in [0.1, 0.15) is 23.2 Å². The first-order valence-corrected chi connectivity index (χ1v) is 10.1. The van der Waals surface area contributed by atoms with Gasteiger partial charge in [0.15, 0.2) is 5.82 Å². The molecule has 13 nitrogen and oxygen atoms in total. The number of carbonyl (C=O) groups is 3. The molecule has 33 heavy (non-hydrogen) atoms. The summed E-state index contributed by atoms with van der Waals surface area (Å²) >= 11 is 0. The van der Waals surface area contributed by atoms with Gasteiger partial charge in [-0.1, -0.05) is 0 Å². The molecule has 0 fully saturated rings. The molecule has 176 valence electrons. The van der Waals surface area contributed by atoms with Gasteiger partial charge < -0.3 is 46.4 Å². The molecule has 1 aromatic heterocycles. The van der Waals surface area contributed by atoms with Crippen molar-refractivity contribution in [1.82, 2.24) is 15.3 Å². The van der Waals surface area contributed by atoms with Crippen LogP contribution in [0, 0.1) is 0 Å². The molecular formula is C20H23N7O6-2. The smallest absolute Gasteiger partial charge is 0.278 e. The maximum atomic E-state index is 12.3. The van der Waals surface area contributed by atoms with E-state index in [1.807, 2.05) is 0 Å². The molecule has 0 saturated heterocycles. The zero-order chi connectivity index (χ0) is 24.1. The Morgan fingerprint density at radius 2 is 1.97 bits per heavy atom. The summed E-state index contributed by atoms with van der Waals surface area (Å²) in [6.07, 6.45) is -0.862. The number of benzene rings is 1. The van der Waals surface area contributed by atoms with E-state index in [0.29, 0.717) is 30.3 Å². The fourth-order valence-corrected chi connectivity index (χ4v) is 3.41. The van der Waals surface area contributed by atoms with Crippen molar-refractivity contribution in [3.63, 3.8) is 0 Å². The predicted octanol–water partition coefficient (Wildman–Crippen LogP) is -2.93. The van der Waals surface area contributed by atoms with Gasteiger partial charge in [-0.25, -0.2) is 0 Å². The van der Waals surface area contributed by atoms with E-state index in [9.17, 15) is 29.4 Å². The first kappa shape index (κ1) is 23.4. The van der Waals surface area contributed by atoms with Crippen LogP contribution >= 0.6 is 0 Å². The second kappa shape index (κ2) is 9.89. The van der Waals surface area contributed by atoms with Gasteiger partial charge in [-0.05, 0) is 37.1 Å². The van der Waals surface area contributed by atoms with Crippen LogP contribution in [0.3, 0.4) is 0 Å². The zero-order valence-corrected chi connectivity index (χ0v) is 17.7. The van der Waals surface area contributed by atoms with Crippen molar-refractivity contribution in [1.29, 1.82) is 0 Å². The topological polar surface area (TPSA) is 208 Å². The fraction of sp³-hybridized carbons (Fsp3) is 0.350. The number of carbonyl (C=O) groups excluding carboxylic acids is 3. The lowest BCUT2D eigenvalue weighted by molar-refractivity contribution is -0.309. The number of carboxylic acid groups (broad SMARTS) is 2. The van der Waals surface area contributed by atoms with Crippen LogP contribution in [0.15, 0.2) is 29.1 Å². The quantitative estimate of drug-likeness (QED) is 0.257. The number of fused-ring (bicyclic) bond motifs is 1. The van der Waals surface area contributed by atoms with E-state index in [4.69, 9.17) is 5.73 Å². The highest BCUT2D eigenvalue weighted by atomic mass is 16.4. The molecule has 0 aliphatic carbocycles. The molecule has 0 saturated carbocycles. The number of likely N-dealkylation sites (N-methyl/N-ethyl adjacent to an activating group) is 1. The van der Waals surface area contributed by atoms with E-state index >= 15 is 0 Å². The van der Waals surface area contributed by atoms with E-state index in [1.54, 1.807) is 24.1 Å². The number of aliphatic carboxylic acids is 2. The number of H-pyrrole nitrogens is 1. The summed E-state index contributed by atoms with van der Waals surface area (Å²) < 4.78 is 0. The van der Waals surface area contributed by atoms with E-state index in [0.717, 1.165) is 0 Å². The Hall–Kier alpha value is -4.29. The normalized spacial score (nSPS) is 15.7. The molecule has 2 atom stereocenters. The lowest BCUT2D eigenvalue weighted by atomic mass is 10.1. The highest BCUT2D eigenvalue weighted by molar-refractivity contribution is 5.96. The number of aromatic nitrogens is 2. The molecule has 1 amide bonds. The lowest BCUT2D eigenvalue weighted by Crippen LogP contribution is -2.48. The zero-order valence-electron chi connectivity index (χ0n) is 17.7. The van der Waals surface area contributed by atoms with Crippen molar-refractivity contribution < 1.29 is 24.6 Å². The number of rotatable bonds is 9. The molecule has 0 bridgehead atoms. The third-order valence-corrected chi connectivity index (χ3v) is 5.23. The Labute approximate surface area is 188 Å². The molecule has 0 unspecified atom stereocenters. The number of amides is 1. The number of nitrogens with one attached hydrogen (secondary N) is 4. The molecule has 1 aliphatic heterocycles. The summed E-state index contributed by atoms with van der Waals surface area (Å²) in [6, 6.07) is 4.75. The number of nitrogens with two attached hydrogens (primary N) is 1. The number of nitrogens with zero attached hydrogens (tertiary/aromatic N) is 2. The van der Waals surface area contributed by atoms with Gasteiger partial charge in [-0.15, -0.1) is 0 Å². The summed E-state index contributed by atoms with van der Waals surface area (Å²) in [4.78, 5) is 54.5. The molecule has 0 spiro atoms. The monoisotopic (exact) mass is 457 g/mol. The highest BCUT2D eigenvalue weighted by Gasteiger charge is 2.27. The van der Waals surface area contributed by atoms with Crippen LogP contribution in [-0.2, 0) is 9.59 Å². The van der Waals surface area contributed by atoms with Crippen molar-refractivity contribution in [3.8, 4) is 0 Å². The minimum atomic E-state index is -1.58. The van der Waals surface area contributed by atoms with Crippen molar-refractivity contribution in [2.75, 3.05) is 41.4 Å². The molecule has 0 radical (unpaired) electrons. The molecule has 1 aliphatic rings. The molecular weight excluding hydrogens is 434 g/mol. The Balaban J connectivity index is 1.58. The van der Waals surface area contributed by atoms with Gasteiger partial charge in [0.05, 0.1) is 18.1 Å². The van der Waals surface area contributed by atoms with Crippen LogP contribution in [0.25, 0.3) is 0 Å². The van der Waals surface area contributed by atoms with Crippen LogP contribution in [0.4, 0.5) is 23.1 Å². The van der Waals surface area contributed by atoms with Crippen molar-refractivity contribution >= 4 is 41.0 Å². The molecule has 1 aromatic carbocycles. The fourth-order valence-electron chi connectivity index (χ4n) is 3.41. The molecule has 6 N–H and O–H groups in total. The van der Waals surface area contributed by atoms with Gasteiger partial charge >= 0.3 is 0 Å². The van der Waals surface area contributed by atoms with E-state index in [-0.39, 0.29) is 29.5 Å². The molecule has 2 aromatic rings. The Bertz CT molecular complexity index is 1100. The minimum Gasteiger partial charge on any atom is -0.550 e. The molecule has 2 heterocycles. The maximum Gasteiger partial charge on any atom is 0.278 e. The maximum absolute atomic E-state index is 12.3. The van der Waals surface area contributed by atoms with E-state index < -0.39 is 30.3 Å². The van der Waals surface area contributed by atoms with E-state index in [1.165, 1.54) is 12.1 Å². The third kappa shape index (κ3) is 5.70. The second-order valence-electron chi connectivity index (χ2n) is 7.51. The van der Waals surface area contributed by atoms with Gasteiger partial charge in [0, 0.05) is 37.4 Å². The molecule has 13 heteroatoms. The van der Waals surface area contributed by atoms with Crippen LogP contribution in [0.2, 0.25) is 0 Å². The summed E-state index contributed by atoms with van der Waals surface area (Å²) in [5, 5.41) is 30.2. The Kier molecular flexibility index (Phi) is 7.00. The van der Waals surface area contributed by atoms with Crippen molar-refractivity contribution in [2.24, 2.45) is 0 Å². The second-order valence-corrected chi connectivity index (χ2v) is 7.51. The SMILES string of the molecule is CN1c2c(nc(N)[nH]c2=O)NC[C@@H]1CNc1ccc(C(=O)N[C@H](CCC(=O)[O-])C(=O)[O-])cc1. The predicted molar refractivity (Wildman–Crippen MR) is 115 cm³/mol. The number of hydrogen-bond donors (Lipinski definition) is 5. The van der Waals surface area contributed by atoms with E-state index in [2.05, 4.69) is 25.9 Å². The average molecular weight is 457 g/mol. The number of nitrogen functional groups attached to an aromatic ring is 1. The van der Waals surface area contributed by atoms with Gasteiger partial charge in [0.2, 0.25) is 5.95 Å². The van der Waals surface area contributed by atoms with Crippen molar-refractivity contribution in [3.05, 3.63) is 40.2 Å². The standard InChI is InChI=1S/C20H25N7O6/c1-27-12(9-23-16-15(27)18(31)26-20(21)25-16)8-22-11-4-2-10(3-5-11)17(30)24-13(19(32)33)6-7-14(28)29/h2-5,12-13,22H,6-9H2,1H3,(H,24,30)(H,28,29)(H,32,33)(H4,21,23,25,26,31)/p-2/t12-,13+/m0/s1. The van der Waals surface area contributed by atoms with Crippen LogP contribution in [0.5, 0.6) is 0 Å². The van der Waals surface area contributed by atoms with Gasteiger partial charge in [0.25, 0.3) is 11.5 Å². The summed E-state index contributed by atoms with van der Waals surface area (Å²) in [7, 11) is 1.78. The average Bonchev–Trinajstić information content (AvgIpc) is 2.75.